The predicted molar refractivity (Wildman–Crippen MR) is 48.3 cm³/mol. The van der Waals surface area contributed by atoms with Crippen LogP contribution < -0.4 is 0 Å². The second kappa shape index (κ2) is 2.24. The van der Waals surface area contributed by atoms with Crippen LogP contribution in [-0.2, 0) is 5.60 Å². The van der Waals surface area contributed by atoms with E-state index < -0.39 is 5.60 Å². The van der Waals surface area contributed by atoms with Crippen LogP contribution in [0, 0.1) is 0 Å². The second-order valence-electron chi connectivity index (χ2n) is 3.27. The van der Waals surface area contributed by atoms with Crippen molar-refractivity contribution in [1.82, 2.24) is 15.0 Å². The molecule has 0 radical (unpaired) electrons. The van der Waals surface area contributed by atoms with E-state index in [2.05, 4.69) is 15.0 Å². The molecule has 3 rings (SSSR count). The molecule has 13 heavy (non-hydrogen) atoms. The number of hydrogen-bond donors (Lipinski definition) is 1. The molecule has 1 aliphatic carbocycles. The van der Waals surface area contributed by atoms with Gasteiger partial charge in [0.1, 0.15) is 5.60 Å². The van der Waals surface area contributed by atoms with Gasteiger partial charge in [0.05, 0.1) is 16.4 Å². The Balaban J connectivity index is 2.20. The molecule has 2 aromatic rings. The summed E-state index contributed by atoms with van der Waals surface area (Å²) in [6.07, 6.45) is 3.26. The predicted octanol–water partition coefficient (Wildman–Crippen LogP) is 1.07. The van der Waals surface area contributed by atoms with Gasteiger partial charge in [-0.05, 0) is 12.8 Å². The third kappa shape index (κ3) is 1.04. The van der Waals surface area contributed by atoms with Crippen molar-refractivity contribution in [2.45, 2.75) is 18.4 Å². The molecule has 0 saturated heterocycles. The Hall–Kier alpha value is -1.07. The minimum Gasteiger partial charge on any atom is -0.382 e. The fourth-order valence-electron chi connectivity index (χ4n) is 1.24. The topological polar surface area (TPSA) is 58.9 Å². The van der Waals surface area contributed by atoms with E-state index in [1.54, 1.807) is 11.7 Å². The summed E-state index contributed by atoms with van der Waals surface area (Å²) in [5.41, 5.74) is 1.67. The largest absolute Gasteiger partial charge is 0.382 e. The Morgan fingerprint density at radius 2 is 2.23 bits per heavy atom. The van der Waals surface area contributed by atoms with Crippen LogP contribution in [0.3, 0.4) is 0 Å². The van der Waals surface area contributed by atoms with Gasteiger partial charge in [0, 0.05) is 0 Å². The third-order valence-corrected chi connectivity index (χ3v) is 2.98. The summed E-state index contributed by atoms with van der Waals surface area (Å²) in [4.78, 5) is 12.4. The van der Waals surface area contributed by atoms with Crippen molar-refractivity contribution in [3.63, 3.8) is 0 Å². The van der Waals surface area contributed by atoms with Crippen molar-refractivity contribution in [2.75, 3.05) is 0 Å². The van der Waals surface area contributed by atoms with Crippen LogP contribution in [-0.4, -0.2) is 20.1 Å². The van der Waals surface area contributed by atoms with Gasteiger partial charge in [-0.25, -0.2) is 15.0 Å². The third-order valence-electron chi connectivity index (χ3n) is 2.23. The highest BCUT2D eigenvalue weighted by Crippen LogP contribution is 2.43. The highest BCUT2D eigenvalue weighted by atomic mass is 32.1. The lowest BCUT2D eigenvalue weighted by Crippen LogP contribution is -2.09. The maximum absolute atomic E-state index is 9.75. The Labute approximate surface area is 78.3 Å². The number of aliphatic hydroxyl groups is 1. The van der Waals surface area contributed by atoms with Crippen molar-refractivity contribution in [1.29, 1.82) is 0 Å². The van der Waals surface area contributed by atoms with Crippen LogP contribution in [0.25, 0.3) is 10.3 Å². The van der Waals surface area contributed by atoms with E-state index in [4.69, 9.17) is 0 Å². The molecule has 4 nitrogen and oxygen atoms in total. The van der Waals surface area contributed by atoms with Gasteiger partial charge in [0.25, 0.3) is 0 Å². The van der Waals surface area contributed by atoms with E-state index in [-0.39, 0.29) is 0 Å². The highest BCUT2D eigenvalue weighted by molar-refractivity contribution is 7.16. The summed E-state index contributed by atoms with van der Waals surface area (Å²) in [7, 11) is 0. The van der Waals surface area contributed by atoms with Gasteiger partial charge < -0.3 is 5.11 Å². The molecule has 0 spiro atoms. The molecule has 0 amide bonds. The maximum atomic E-state index is 9.75. The van der Waals surface area contributed by atoms with E-state index in [9.17, 15) is 5.11 Å². The van der Waals surface area contributed by atoms with Crippen LogP contribution in [0.2, 0.25) is 0 Å². The van der Waals surface area contributed by atoms with Crippen LogP contribution >= 0.6 is 11.3 Å². The van der Waals surface area contributed by atoms with Crippen LogP contribution in [0.15, 0.2) is 11.7 Å². The lowest BCUT2D eigenvalue weighted by Gasteiger charge is -2.03. The van der Waals surface area contributed by atoms with E-state index in [1.807, 2.05) is 0 Å². The average Bonchev–Trinajstić information content (AvgIpc) is 2.74. The summed E-state index contributed by atoms with van der Waals surface area (Å²) >= 11 is 1.51. The normalized spacial score (nSPS) is 19.2. The molecule has 0 bridgehead atoms. The van der Waals surface area contributed by atoms with Gasteiger partial charge in [-0.1, -0.05) is 0 Å². The SMILES string of the molecule is OC1(c2ncc3scnc3n2)CC1. The molecule has 1 N–H and O–H groups in total. The molecule has 0 unspecified atom stereocenters. The van der Waals surface area contributed by atoms with Crippen molar-refractivity contribution in [3.05, 3.63) is 17.5 Å². The van der Waals surface area contributed by atoms with Gasteiger partial charge >= 0.3 is 0 Å². The van der Waals surface area contributed by atoms with E-state index in [0.717, 1.165) is 17.5 Å². The van der Waals surface area contributed by atoms with Gasteiger partial charge in [0.2, 0.25) is 0 Å². The molecule has 0 atom stereocenters. The Morgan fingerprint density at radius 3 is 3.00 bits per heavy atom. The molecule has 2 aromatic heterocycles. The lowest BCUT2D eigenvalue weighted by atomic mass is 10.3. The number of fused-ring (bicyclic) bond motifs is 1. The zero-order chi connectivity index (χ0) is 8.89. The summed E-state index contributed by atoms with van der Waals surface area (Å²) < 4.78 is 0.966. The van der Waals surface area contributed by atoms with E-state index in [0.29, 0.717) is 11.5 Å². The lowest BCUT2D eigenvalue weighted by molar-refractivity contribution is 0.141. The first-order valence-corrected chi connectivity index (χ1v) is 4.95. The van der Waals surface area contributed by atoms with Crippen LogP contribution in [0.5, 0.6) is 0 Å². The average molecular weight is 193 g/mol. The number of hydrogen-bond acceptors (Lipinski definition) is 5. The number of nitrogens with zero attached hydrogens (tertiary/aromatic N) is 3. The van der Waals surface area contributed by atoms with Gasteiger partial charge in [0.15, 0.2) is 11.5 Å². The molecular weight excluding hydrogens is 186 g/mol. The molecule has 5 heteroatoms. The zero-order valence-electron chi connectivity index (χ0n) is 6.77. The monoisotopic (exact) mass is 193 g/mol. The second-order valence-corrected chi connectivity index (χ2v) is 4.15. The number of rotatable bonds is 1. The quantitative estimate of drug-likeness (QED) is 0.736. The first-order valence-electron chi connectivity index (χ1n) is 4.07. The molecule has 1 fully saturated rings. The minimum absolute atomic E-state index is 0.519. The Morgan fingerprint density at radius 1 is 1.38 bits per heavy atom. The number of aromatic nitrogens is 3. The zero-order valence-corrected chi connectivity index (χ0v) is 7.58. The van der Waals surface area contributed by atoms with Crippen molar-refractivity contribution in [2.24, 2.45) is 0 Å². The molecule has 1 saturated carbocycles. The van der Waals surface area contributed by atoms with Crippen LogP contribution in [0.1, 0.15) is 18.7 Å². The minimum atomic E-state index is -0.752. The van der Waals surface area contributed by atoms with E-state index in [1.165, 1.54) is 11.3 Å². The molecule has 66 valence electrons. The van der Waals surface area contributed by atoms with Crippen molar-refractivity contribution in [3.8, 4) is 0 Å². The summed E-state index contributed by atoms with van der Waals surface area (Å²) in [6, 6.07) is 0. The fourth-order valence-corrected chi connectivity index (χ4v) is 1.82. The molecule has 0 aliphatic heterocycles. The molecule has 1 aliphatic rings. The van der Waals surface area contributed by atoms with Crippen molar-refractivity contribution >= 4 is 21.7 Å². The summed E-state index contributed by atoms with van der Waals surface area (Å²) in [5.74, 6) is 0.519. The summed E-state index contributed by atoms with van der Waals surface area (Å²) in [6.45, 7) is 0. The highest BCUT2D eigenvalue weighted by Gasteiger charge is 2.45. The molecular formula is C8H7N3OS. The Kier molecular flexibility index (Phi) is 1.27. The maximum Gasteiger partial charge on any atom is 0.173 e. The van der Waals surface area contributed by atoms with E-state index >= 15 is 0 Å². The standard InChI is InChI=1S/C8H7N3OS/c12-8(1-2-8)7-9-3-5-6(11-7)10-4-13-5/h3-4,12H,1-2H2. The smallest absolute Gasteiger partial charge is 0.173 e. The fraction of sp³-hybridized carbons (Fsp3) is 0.375. The first-order chi connectivity index (χ1) is 6.28. The van der Waals surface area contributed by atoms with Gasteiger partial charge in [-0.2, -0.15) is 0 Å². The molecule has 2 heterocycles. The number of thiazole rings is 1. The molecule has 0 aromatic carbocycles. The van der Waals surface area contributed by atoms with Gasteiger partial charge in [-0.3, -0.25) is 0 Å². The van der Waals surface area contributed by atoms with Crippen molar-refractivity contribution < 1.29 is 5.11 Å². The first kappa shape index (κ1) is 7.34. The van der Waals surface area contributed by atoms with Gasteiger partial charge in [-0.15, -0.1) is 11.3 Å². The summed E-state index contributed by atoms with van der Waals surface area (Å²) in [5, 5.41) is 9.75. The van der Waals surface area contributed by atoms with Crippen LogP contribution in [0.4, 0.5) is 0 Å². The Bertz CT molecular complexity index is 463.